The highest BCUT2D eigenvalue weighted by Gasteiger charge is 2.19. The van der Waals surface area contributed by atoms with Gasteiger partial charge in [0.1, 0.15) is 5.82 Å². The molecule has 2 aromatic carbocycles. The van der Waals surface area contributed by atoms with Gasteiger partial charge >= 0.3 is 5.97 Å². The van der Waals surface area contributed by atoms with Gasteiger partial charge in [-0.3, -0.25) is 14.2 Å². The zero-order valence-electron chi connectivity index (χ0n) is 14.4. The Hall–Kier alpha value is -3.19. The van der Waals surface area contributed by atoms with Gasteiger partial charge in [-0.1, -0.05) is 11.6 Å². The molecule has 27 heavy (non-hydrogen) atoms. The molecule has 0 aliphatic carbocycles. The Bertz CT molecular complexity index is 1090. The first-order valence-electron chi connectivity index (χ1n) is 7.82. The molecule has 0 radical (unpaired) electrons. The predicted molar refractivity (Wildman–Crippen MR) is 98.9 cm³/mol. The lowest BCUT2D eigenvalue weighted by Crippen LogP contribution is -2.13. The molecule has 3 rings (SSSR count). The minimum Gasteiger partial charge on any atom is -0.465 e. The number of hydrogen-bond donors (Lipinski definition) is 1. The number of nitrogens with zero attached hydrogens (tertiary/aromatic N) is 1. The van der Waals surface area contributed by atoms with Crippen LogP contribution in [0.15, 0.2) is 42.6 Å². The van der Waals surface area contributed by atoms with E-state index in [4.69, 9.17) is 11.6 Å². The van der Waals surface area contributed by atoms with E-state index in [2.05, 4.69) is 10.1 Å². The second-order valence-electron chi connectivity index (χ2n) is 5.73. The Morgan fingerprint density at radius 1 is 1.15 bits per heavy atom. The first-order valence-corrected chi connectivity index (χ1v) is 8.20. The summed E-state index contributed by atoms with van der Waals surface area (Å²) in [6, 6.07) is 8.11. The van der Waals surface area contributed by atoms with E-state index in [-0.39, 0.29) is 33.3 Å². The van der Waals surface area contributed by atoms with E-state index in [0.717, 1.165) is 0 Å². The topological polar surface area (TPSA) is 77.4 Å². The summed E-state index contributed by atoms with van der Waals surface area (Å²) in [5, 5.41) is 3.23. The Balaban J connectivity index is 2.03. The van der Waals surface area contributed by atoms with Crippen LogP contribution >= 0.6 is 11.6 Å². The fourth-order valence-electron chi connectivity index (χ4n) is 2.70. The average molecular weight is 389 g/mol. The summed E-state index contributed by atoms with van der Waals surface area (Å²) in [4.78, 5) is 36.2. The monoisotopic (exact) mass is 388 g/mol. The van der Waals surface area contributed by atoms with Crippen LogP contribution in [-0.2, 0) is 4.74 Å². The third-order valence-corrected chi connectivity index (χ3v) is 4.32. The van der Waals surface area contributed by atoms with Crippen molar-refractivity contribution in [3.8, 4) is 0 Å². The largest absolute Gasteiger partial charge is 0.465 e. The summed E-state index contributed by atoms with van der Waals surface area (Å²) < 4.78 is 19.4. The molecular formula is C19H14ClFN2O4. The van der Waals surface area contributed by atoms with Crippen molar-refractivity contribution in [2.75, 3.05) is 12.4 Å². The summed E-state index contributed by atoms with van der Waals surface area (Å²) in [5.74, 6) is -2.03. The molecule has 0 bridgehead atoms. The minimum absolute atomic E-state index is 0.166. The third kappa shape index (κ3) is 3.54. The molecule has 0 saturated carbocycles. The normalized spacial score (nSPS) is 10.7. The van der Waals surface area contributed by atoms with Crippen molar-refractivity contribution in [2.45, 2.75) is 6.92 Å². The standard InChI is InChI=1S/C19H14ClFN2O4/c1-10(24)23-9-14(13-5-4-12(21)8-17(13)23)18(25)22-16-7-11(19(26)27-2)3-6-15(16)20/h3-9H,1-2H3,(H,22,25). The summed E-state index contributed by atoms with van der Waals surface area (Å²) >= 11 is 6.09. The smallest absolute Gasteiger partial charge is 0.337 e. The summed E-state index contributed by atoms with van der Waals surface area (Å²) in [7, 11) is 1.24. The van der Waals surface area contributed by atoms with Gasteiger partial charge in [0.2, 0.25) is 5.91 Å². The number of ether oxygens (including phenoxy) is 1. The Labute approximate surface area is 158 Å². The zero-order valence-corrected chi connectivity index (χ0v) is 15.1. The van der Waals surface area contributed by atoms with E-state index in [9.17, 15) is 18.8 Å². The number of rotatable bonds is 3. The van der Waals surface area contributed by atoms with Crippen molar-refractivity contribution in [1.29, 1.82) is 0 Å². The van der Waals surface area contributed by atoms with Gasteiger partial charge in [-0.25, -0.2) is 9.18 Å². The number of methoxy groups -OCH3 is 1. The van der Waals surface area contributed by atoms with Crippen LogP contribution < -0.4 is 5.32 Å². The minimum atomic E-state index is -0.578. The van der Waals surface area contributed by atoms with Crippen LogP contribution in [0.3, 0.4) is 0 Å². The van der Waals surface area contributed by atoms with Crippen LogP contribution in [0.2, 0.25) is 5.02 Å². The number of esters is 1. The molecule has 1 N–H and O–H groups in total. The number of carbonyl (C=O) groups excluding carboxylic acids is 3. The average Bonchev–Trinajstić information content (AvgIpc) is 3.01. The highest BCUT2D eigenvalue weighted by atomic mass is 35.5. The summed E-state index contributed by atoms with van der Waals surface area (Å²) in [6.45, 7) is 1.31. The molecule has 0 unspecified atom stereocenters. The Morgan fingerprint density at radius 3 is 2.56 bits per heavy atom. The summed E-state index contributed by atoms with van der Waals surface area (Å²) in [5.41, 5.74) is 0.864. The maximum atomic E-state index is 13.6. The quantitative estimate of drug-likeness (QED) is 0.684. The molecule has 0 spiro atoms. The van der Waals surface area contributed by atoms with Crippen LogP contribution in [0.25, 0.3) is 10.9 Å². The maximum absolute atomic E-state index is 13.6. The molecule has 8 heteroatoms. The molecule has 0 fully saturated rings. The number of halogens is 2. The summed E-state index contributed by atoms with van der Waals surface area (Å²) in [6.07, 6.45) is 1.33. The lowest BCUT2D eigenvalue weighted by molar-refractivity contribution is 0.0600. The fraction of sp³-hybridized carbons (Fsp3) is 0.105. The number of benzene rings is 2. The molecule has 138 valence electrons. The first-order chi connectivity index (χ1) is 12.8. The molecular weight excluding hydrogens is 375 g/mol. The van der Waals surface area contributed by atoms with Crippen LogP contribution in [0.1, 0.15) is 32.4 Å². The van der Waals surface area contributed by atoms with Gasteiger partial charge in [-0.05, 0) is 36.4 Å². The van der Waals surface area contributed by atoms with E-state index in [1.54, 1.807) is 0 Å². The van der Waals surface area contributed by atoms with Crippen molar-refractivity contribution in [2.24, 2.45) is 0 Å². The molecule has 0 aliphatic heterocycles. The number of amides is 1. The van der Waals surface area contributed by atoms with Gasteiger partial charge < -0.3 is 10.1 Å². The van der Waals surface area contributed by atoms with E-state index < -0.39 is 17.7 Å². The van der Waals surface area contributed by atoms with Gasteiger partial charge in [-0.2, -0.15) is 0 Å². The Morgan fingerprint density at radius 2 is 1.89 bits per heavy atom. The van der Waals surface area contributed by atoms with Gasteiger partial charge in [0.05, 0.1) is 34.5 Å². The molecule has 0 atom stereocenters. The number of fused-ring (bicyclic) bond motifs is 1. The van der Waals surface area contributed by atoms with Crippen molar-refractivity contribution in [1.82, 2.24) is 4.57 Å². The molecule has 0 saturated heterocycles. The highest BCUT2D eigenvalue weighted by molar-refractivity contribution is 6.34. The molecule has 1 amide bonds. The van der Waals surface area contributed by atoms with Crippen molar-refractivity contribution in [3.05, 3.63) is 64.6 Å². The lowest BCUT2D eigenvalue weighted by Gasteiger charge is -2.08. The van der Waals surface area contributed by atoms with Crippen LogP contribution in [0.4, 0.5) is 10.1 Å². The van der Waals surface area contributed by atoms with Crippen molar-refractivity contribution in [3.63, 3.8) is 0 Å². The van der Waals surface area contributed by atoms with Gasteiger partial charge in [0.15, 0.2) is 0 Å². The molecule has 1 aromatic heterocycles. The molecule has 3 aromatic rings. The number of anilines is 1. The number of aromatic nitrogens is 1. The highest BCUT2D eigenvalue weighted by Crippen LogP contribution is 2.27. The van der Waals surface area contributed by atoms with Crippen LogP contribution in [0.5, 0.6) is 0 Å². The van der Waals surface area contributed by atoms with Crippen molar-refractivity contribution < 1.29 is 23.5 Å². The lowest BCUT2D eigenvalue weighted by atomic mass is 10.1. The van der Waals surface area contributed by atoms with Gasteiger partial charge in [-0.15, -0.1) is 0 Å². The zero-order chi connectivity index (χ0) is 19.7. The Kier molecular flexibility index (Phi) is 4.96. The van der Waals surface area contributed by atoms with E-state index >= 15 is 0 Å². The molecule has 6 nitrogen and oxygen atoms in total. The maximum Gasteiger partial charge on any atom is 0.337 e. The van der Waals surface area contributed by atoms with Gasteiger partial charge in [0, 0.05) is 18.5 Å². The first kappa shape index (κ1) is 18.6. The molecule has 0 aliphatic rings. The second kappa shape index (κ2) is 7.20. The van der Waals surface area contributed by atoms with Gasteiger partial charge in [0.25, 0.3) is 5.91 Å². The van der Waals surface area contributed by atoms with Crippen molar-refractivity contribution >= 4 is 46.0 Å². The molecule has 1 heterocycles. The van der Waals surface area contributed by atoms with E-state index in [0.29, 0.717) is 5.39 Å². The fourth-order valence-corrected chi connectivity index (χ4v) is 2.86. The van der Waals surface area contributed by atoms with Crippen LogP contribution in [-0.4, -0.2) is 29.5 Å². The number of nitrogens with one attached hydrogen (secondary N) is 1. The van der Waals surface area contributed by atoms with Crippen LogP contribution in [0, 0.1) is 5.82 Å². The predicted octanol–water partition coefficient (Wildman–Crippen LogP) is 4.13. The van der Waals surface area contributed by atoms with E-state index in [1.165, 1.54) is 61.2 Å². The third-order valence-electron chi connectivity index (χ3n) is 3.99. The SMILES string of the molecule is COC(=O)c1ccc(Cl)c(NC(=O)c2cn(C(C)=O)c3cc(F)ccc23)c1. The van der Waals surface area contributed by atoms with E-state index in [1.807, 2.05) is 0 Å². The second-order valence-corrected chi connectivity index (χ2v) is 6.14. The number of carbonyl (C=O) groups is 3. The number of hydrogen-bond acceptors (Lipinski definition) is 4.